The van der Waals surface area contributed by atoms with Gasteiger partial charge in [0.15, 0.2) is 0 Å². The summed E-state index contributed by atoms with van der Waals surface area (Å²) >= 11 is 0. The molecule has 1 saturated heterocycles. The van der Waals surface area contributed by atoms with Crippen molar-refractivity contribution in [1.29, 1.82) is 0 Å². The lowest BCUT2D eigenvalue weighted by Crippen LogP contribution is -2.42. The lowest BCUT2D eigenvalue weighted by atomic mass is 10.0. The zero-order valence-electron chi connectivity index (χ0n) is 18.8. The summed E-state index contributed by atoms with van der Waals surface area (Å²) in [5, 5.41) is 0. The number of aromatic nitrogens is 2. The van der Waals surface area contributed by atoms with Gasteiger partial charge in [0.1, 0.15) is 17.7 Å². The molecular formula is C25H27FN4O3. The normalized spacial score (nSPS) is 14.3. The van der Waals surface area contributed by atoms with Gasteiger partial charge in [-0.1, -0.05) is 12.1 Å². The van der Waals surface area contributed by atoms with E-state index in [-0.39, 0.29) is 24.2 Å². The standard InChI is InChI=1S/C25H27FN4O3/c1-16-3-4-17(21(26)11-16)13-24(31)30-9-7-19(8-10-30)33-23-6-5-18(12-20(23)25(27)32)22-14-29(2)15-28-22/h3-6,11-12,14-15,19H,7-10,13H2,1-2H3,(H2,27,32). The summed E-state index contributed by atoms with van der Waals surface area (Å²) < 4.78 is 22.0. The number of aryl methyl sites for hydroxylation is 2. The largest absolute Gasteiger partial charge is 0.489 e. The molecule has 0 unspecified atom stereocenters. The summed E-state index contributed by atoms with van der Waals surface area (Å²) in [6.07, 6.45) is 4.66. The first-order chi connectivity index (χ1) is 15.8. The molecule has 0 atom stereocenters. The number of likely N-dealkylation sites (tertiary alicyclic amines) is 1. The van der Waals surface area contributed by atoms with Gasteiger partial charge in [-0.15, -0.1) is 0 Å². The maximum Gasteiger partial charge on any atom is 0.252 e. The molecule has 1 aliphatic rings. The minimum atomic E-state index is -0.574. The van der Waals surface area contributed by atoms with Gasteiger partial charge in [-0.05, 0) is 42.3 Å². The third kappa shape index (κ3) is 5.22. The Hall–Kier alpha value is -3.68. The van der Waals surface area contributed by atoms with E-state index in [2.05, 4.69) is 4.98 Å². The van der Waals surface area contributed by atoms with Crippen LogP contribution in [0.1, 0.15) is 34.3 Å². The maximum absolute atomic E-state index is 14.1. The van der Waals surface area contributed by atoms with E-state index in [1.807, 2.05) is 30.8 Å². The highest BCUT2D eigenvalue weighted by molar-refractivity contribution is 5.97. The number of nitrogens with zero attached hydrogens (tertiary/aromatic N) is 3. The first-order valence-electron chi connectivity index (χ1n) is 10.9. The van der Waals surface area contributed by atoms with Crippen molar-refractivity contribution in [3.63, 3.8) is 0 Å². The molecular weight excluding hydrogens is 423 g/mol. The van der Waals surface area contributed by atoms with Gasteiger partial charge in [0.05, 0.1) is 24.0 Å². The van der Waals surface area contributed by atoms with Crippen molar-refractivity contribution in [2.75, 3.05) is 13.1 Å². The Kier molecular flexibility index (Phi) is 6.44. The number of hydrogen-bond donors (Lipinski definition) is 1. The molecule has 1 fully saturated rings. The number of benzene rings is 2. The molecule has 2 aromatic carbocycles. The average molecular weight is 451 g/mol. The summed E-state index contributed by atoms with van der Waals surface area (Å²) in [6.45, 7) is 2.83. The molecule has 2 heterocycles. The molecule has 0 aliphatic carbocycles. The zero-order chi connectivity index (χ0) is 23.5. The molecule has 0 bridgehead atoms. The number of hydrogen-bond acceptors (Lipinski definition) is 4. The van der Waals surface area contributed by atoms with Gasteiger partial charge in [0, 0.05) is 44.7 Å². The quantitative estimate of drug-likeness (QED) is 0.624. The van der Waals surface area contributed by atoms with Crippen LogP contribution in [0.2, 0.25) is 0 Å². The SMILES string of the molecule is Cc1ccc(CC(=O)N2CCC(Oc3ccc(-c4cn(C)cn4)cc3C(N)=O)CC2)c(F)c1. The Labute approximate surface area is 192 Å². The highest BCUT2D eigenvalue weighted by Crippen LogP contribution is 2.28. The molecule has 2 amide bonds. The first-order valence-corrected chi connectivity index (χ1v) is 10.9. The predicted octanol–water partition coefficient (Wildman–Crippen LogP) is 3.25. The third-order valence-corrected chi connectivity index (χ3v) is 5.88. The number of rotatable bonds is 6. The number of imidazole rings is 1. The fraction of sp³-hybridized carbons (Fsp3) is 0.320. The number of nitrogens with two attached hydrogens (primary N) is 1. The number of carbonyl (C=O) groups is 2. The van der Waals surface area contributed by atoms with Crippen molar-refractivity contribution in [3.05, 3.63) is 71.4 Å². The van der Waals surface area contributed by atoms with Crippen LogP contribution in [0.25, 0.3) is 11.3 Å². The number of piperidine rings is 1. The average Bonchev–Trinajstić information content (AvgIpc) is 3.22. The molecule has 7 nitrogen and oxygen atoms in total. The summed E-state index contributed by atoms with van der Waals surface area (Å²) in [6, 6.07) is 10.2. The van der Waals surface area contributed by atoms with E-state index in [0.717, 1.165) is 16.8 Å². The van der Waals surface area contributed by atoms with Crippen LogP contribution >= 0.6 is 0 Å². The van der Waals surface area contributed by atoms with Crippen molar-refractivity contribution >= 4 is 11.8 Å². The van der Waals surface area contributed by atoms with Crippen LogP contribution < -0.4 is 10.5 Å². The van der Waals surface area contributed by atoms with E-state index in [0.29, 0.717) is 42.8 Å². The van der Waals surface area contributed by atoms with Gasteiger partial charge in [-0.25, -0.2) is 9.37 Å². The van der Waals surface area contributed by atoms with E-state index in [1.165, 1.54) is 6.07 Å². The van der Waals surface area contributed by atoms with E-state index >= 15 is 0 Å². The monoisotopic (exact) mass is 450 g/mol. The van der Waals surface area contributed by atoms with Crippen molar-refractivity contribution in [1.82, 2.24) is 14.5 Å². The van der Waals surface area contributed by atoms with Crippen LogP contribution in [0.3, 0.4) is 0 Å². The summed E-state index contributed by atoms with van der Waals surface area (Å²) in [4.78, 5) is 30.7. The van der Waals surface area contributed by atoms with Crippen LogP contribution in [0.15, 0.2) is 48.9 Å². The van der Waals surface area contributed by atoms with E-state index in [1.54, 1.807) is 35.5 Å². The van der Waals surface area contributed by atoms with Gasteiger partial charge >= 0.3 is 0 Å². The molecule has 4 rings (SSSR count). The minimum Gasteiger partial charge on any atom is -0.489 e. The van der Waals surface area contributed by atoms with Gasteiger partial charge in [0.25, 0.3) is 5.91 Å². The van der Waals surface area contributed by atoms with Crippen LogP contribution in [0.5, 0.6) is 5.75 Å². The summed E-state index contributed by atoms with van der Waals surface area (Å²) in [7, 11) is 1.87. The summed E-state index contributed by atoms with van der Waals surface area (Å²) in [5.74, 6) is -0.604. The predicted molar refractivity (Wildman–Crippen MR) is 122 cm³/mol. The van der Waals surface area contributed by atoms with Crippen molar-refractivity contribution < 1.29 is 18.7 Å². The fourth-order valence-corrected chi connectivity index (χ4v) is 4.02. The topological polar surface area (TPSA) is 90.4 Å². The molecule has 1 aromatic heterocycles. The zero-order valence-corrected chi connectivity index (χ0v) is 18.8. The van der Waals surface area contributed by atoms with E-state index in [4.69, 9.17) is 10.5 Å². The number of amides is 2. The summed E-state index contributed by atoms with van der Waals surface area (Å²) in [5.41, 5.74) is 8.65. The number of carbonyl (C=O) groups excluding carboxylic acids is 2. The molecule has 172 valence electrons. The van der Waals surface area contributed by atoms with Gasteiger partial charge in [0.2, 0.25) is 5.91 Å². The van der Waals surface area contributed by atoms with Crippen molar-refractivity contribution in [3.8, 4) is 17.0 Å². The van der Waals surface area contributed by atoms with Gasteiger partial charge in [-0.3, -0.25) is 9.59 Å². The lowest BCUT2D eigenvalue weighted by Gasteiger charge is -2.32. The molecule has 0 spiro atoms. The molecule has 0 saturated carbocycles. The Morgan fingerprint density at radius 1 is 1.18 bits per heavy atom. The first kappa shape index (κ1) is 22.5. The molecule has 1 aliphatic heterocycles. The molecule has 0 radical (unpaired) electrons. The Morgan fingerprint density at radius 3 is 2.58 bits per heavy atom. The Bertz CT molecular complexity index is 1180. The van der Waals surface area contributed by atoms with E-state index in [9.17, 15) is 14.0 Å². The fourth-order valence-electron chi connectivity index (χ4n) is 4.02. The number of halogens is 1. The molecule has 3 aromatic rings. The Balaban J connectivity index is 1.38. The smallest absolute Gasteiger partial charge is 0.252 e. The minimum absolute atomic E-state index is 0.0401. The second-order valence-corrected chi connectivity index (χ2v) is 8.47. The lowest BCUT2D eigenvalue weighted by molar-refractivity contribution is -0.132. The van der Waals surface area contributed by atoms with Crippen LogP contribution in [-0.4, -0.2) is 45.5 Å². The van der Waals surface area contributed by atoms with E-state index < -0.39 is 5.91 Å². The van der Waals surface area contributed by atoms with Gasteiger partial charge < -0.3 is 19.9 Å². The third-order valence-electron chi connectivity index (χ3n) is 5.88. The molecule has 2 N–H and O–H groups in total. The second kappa shape index (κ2) is 9.44. The second-order valence-electron chi connectivity index (χ2n) is 8.47. The highest BCUT2D eigenvalue weighted by atomic mass is 19.1. The van der Waals surface area contributed by atoms with Crippen molar-refractivity contribution in [2.24, 2.45) is 12.8 Å². The maximum atomic E-state index is 14.1. The van der Waals surface area contributed by atoms with Crippen molar-refractivity contribution in [2.45, 2.75) is 32.3 Å². The van der Waals surface area contributed by atoms with Crippen LogP contribution in [0, 0.1) is 12.7 Å². The van der Waals surface area contributed by atoms with Crippen LogP contribution in [0.4, 0.5) is 4.39 Å². The molecule has 8 heteroatoms. The Morgan fingerprint density at radius 2 is 1.94 bits per heavy atom. The highest BCUT2D eigenvalue weighted by Gasteiger charge is 2.26. The van der Waals surface area contributed by atoms with Gasteiger partial charge in [-0.2, -0.15) is 0 Å². The number of primary amides is 1. The molecule has 33 heavy (non-hydrogen) atoms. The number of ether oxygens (including phenoxy) is 1. The van der Waals surface area contributed by atoms with Crippen LogP contribution in [-0.2, 0) is 18.3 Å².